The minimum absolute atomic E-state index is 0.119. The van der Waals surface area contributed by atoms with E-state index < -0.39 is 10.0 Å². The molecule has 28 heavy (non-hydrogen) atoms. The second-order valence-electron chi connectivity index (χ2n) is 7.53. The molecule has 1 saturated heterocycles. The van der Waals surface area contributed by atoms with Crippen molar-refractivity contribution in [3.8, 4) is 0 Å². The molecule has 0 amide bonds. The highest BCUT2D eigenvalue weighted by Gasteiger charge is 2.38. The van der Waals surface area contributed by atoms with Crippen LogP contribution in [0, 0.1) is 0 Å². The first kappa shape index (κ1) is 17.7. The lowest BCUT2D eigenvalue weighted by Crippen LogP contribution is -3.13. The zero-order chi connectivity index (χ0) is 19.1. The first-order valence-electron chi connectivity index (χ1n) is 9.66. The fraction of sp³-hybridized carbons (Fsp3) is 0.273. The fourth-order valence-electron chi connectivity index (χ4n) is 4.36. The molecule has 2 atom stereocenters. The third-order valence-corrected chi connectivity index (χ3v) is 7.50. The molecule has 2 aliphatic rings. The number of anilines is 1. The van der Waals surface area contributed by atoms with Crippen LogP contribution in [0.25, 0.3) is 10.8 Å². The number of rotatable bonds is 4. The summed E-state index contributed by atoms with van der Waals surface area (Å²) < 4.78 is 33.9. The van der Waals surface area contributed by atoms with Gasteiger partial charge in [-0.2, -0.15) is 0 Å². The minimum atomic E-state index is -3.53. The number of hydrogen-bond donors (Lipinski definition) is 1. The molecule has 0 aromatic heterocycles. The Balaban J connectivity index is 1.38. The van der Waals surface area contributed by atoms with Crippen LogP contribution in [0.1, 0.15) is 5.56 Å². The Hall–Kier alpha value is -2.41. The minimum Gasteiger partial charge on any atom is -0.365 e. The van der Waals surface area contributed by atoms with E-state index in [1.165, 1.54) is 10.5 Å². The summed E-state index contributed by atoms with van der Waals surface area (Å²) in [7, 11) is -3.53. The van der Waals surface area contributed by atoms with E-state index >= 15 is 0 Å². The van der Waals surface area contributed by atoms with Crippen molar-refractivity contribution in [3.05, 3.63) is 72.3 Å². The summed E-state index contributed by atoms with van der Waals surface area (Å²) in [5.41, 5.74) is 2.07. The molecule has 0 aliphatic carbocycles. The Morgan fingerprint density at radius 1 is 1.00 bits per heavy atom. The van der Waals surface area contributed by atoms with Crippen LogP contribution in [0.3, 0.4) is 0 Å². The summed E-state index contributed by atoms with van der Waals surface area (Å²) >= 11 is 0. The van der Waals surface area contributed by atoms with Crippen molar-refractivity contribution >= 4 is 26.5 Å². The smallest absolute Gasteiger partial charge is 0.265 e. The molecule has 1 unspecified atom stereocenters. The Bertz CT molecular complexity index is 1110. The van der Waals surface area contributed by atoms with Gasteiger partial charge in [-0.25, -0.2) is 8.42 Å². The van der Waals surface area contributed by atoms with E-state index in [2.05, 4.69) is 24.3 Å². The molecule has 3 aromatic carbocycles. The first-order valence-corrected chi connectivity index (χ1v) is 11.1. The van der Waals surface area contributed by atoms with Crippen molar-refractivity contribution in [1.82, 2.24) is 0 Å². The molecule has 0 radical (unpaired) electrons. The third kappa shape index (κ3) is 2.98. The third-order valence-electron chi connectivity index (χ3n) is 5.67. The van der Waals surface area contributed by atoms with Gasteiger partial charge in [-0.15, -0.1) is 0 Å². The van der Waals surface area contributed by atoms with E-state index in [4.69, 9.17) is 4.74 Å². The summed E-state index contributed by atoms with van der Waals surface area (Å²) in [6.45, 7) is 3.68. The topological polar surface area (TPSA) is 51.0 Å². The second kappa shape index (κ2) is 6.88. The van der Waals surface area contributed by atoms with Crippen molar-refractivity contribution in [2.75, 3.05) is 30.5 Å². The molecule has 144 valence electrons. The molecule has 0 saturated carbocycles. The van der Waals surface area contributed by atoms with E-state index in [0.29, 0.717) is 18.0 Å². The predicted octanol–water partition coefficient (Wildman–Crippen LogP) is 1.83. The van der Waals surface area contributed by atoms with Crippen molar-refractivity contribution in [2.24, 2.45) is 0 Å². The molecule has 0 bridgehead atoms. The monoisotopic (exact) mass is 395 g/mol. The fourth-order valence-corrected chi connectivity index (χ4v) is 6.10. The number of sulfonamides is 1. The number of nitrogens with one attached hydrogen (secondary N) is 1. The van der Waals surface area contributed by atoms with Crippen LogP contribution in [-0.4, -0.2) is 40.8 Å². The quantitative estimate of drug-likeness (QED) is 0.733. The van der Waals surface area contributed by atoms with E-state index in [9.17, 15) is 8.42 Å². The van der Waals surface area contributed by atoms with E-state index in [0.717, 1.165) is 36.1 Å². The van der Waals surface area contributed by atoms with Gasteiger partial charge in [-0.05, 0) is 17.5 Å². The van der Waals surface area contributed by atoms with Crippen LogP contribution in [0.4, 0.5) is 5.69 Å². The summed E-state index contributed by atoms with van der Waals surface area (Å²) in [5, 5.41) is 1.79. The van der Waals surface area contributed by atoms with E-state index in [-0.39, 0.29) is 6.10 Å². The average molecular weight is 396 g/mol. The van der Waals surface area contributed by atoms with Gasteiger partial charge in [0, 0.05) is 10.9 Å². The van der Waals surface area contributed by atoms with Gasteiger partial charge >= 0.3 is 0 Å². The maximum absolute atomic E-state index is 13.2. The van der Waals surface area contributed by atoms with E-state index in [1.54, 1.807) is 10.4 Å². The van der Waals surface area contributed by atoms with Crippen molar-refractivity contribution in [2.45, 2.75) is 17.5 Å². The van der Waals surface area contributed by atoms with E-state index in [1.807, 2.05) is 36.4 Å². The second-order valence-corrected chi connectivity index (χ2v) is 9.36. The molecule has 5 nitrogen and oxygen atoms in total. The maximum atomic E-state index is 13.2. The van der Waals surface area contributed by atoms with Gasteiger partial charge in [0.2, 0.25) is 0 Å². The van der Waals surface area contributed by atoms with Gasteiger partial charge in [-0.3, -0.25) is 4.31 Å². The zero-order valence-electron chi connectivity index (χ0n) is 15.5. The molecular weight excluding hydrogens is 372 g/mol. The van der Waals surface area contributed by atoms with Gasteiger partial charge in [0.25, 0.3) is 10.0 Å². The molecule has 2 heterocycles. The molecule has 3 aromatic rings. The predicted molar refractivity (Wildman–Crippen MR) is 109 cm³/mol. The molecule has 1 fully saturated rings. The highest BCUT2D eigenvalue weighted by Crippen LogP contribution is 2.42. The van der Waals surface area contributed by atoms with Gasteiger partial charge < -0.3 is 9.64 Å². The number of morpholine rings is 1. The normalized spacial score (nSPS) is 23.2. The van der Waals surface area contributed by atoms with Crippen LogP contribution < -0.4 is 9.21 Å². The summed E-state index contributed by atoms with van der Waals surface area (Å²) in [6.07, 6.45) is -0.119. The Kier molecular flexibility index (Phi) is 4.34. The van der Waals surface area contributed by atoms with Crippen molar-refractivity contribution in [1.29, 1.82) is 0 Å². The van der Waals surface area contributed by atoms with Crippen molar-refractivity contribution < 1.29 is 18.1 Å². The average Bonchev–Trinajstić information content (AvgIpc) is 2.93. The number of ether oxygens (including phenoxy) is 1. The number of hydrogen-bond acceptors (Lipinski definition) is 3. The van der Waals surface area contributed by atoms with Gasteiger partial charge in [0.15, 0.2) is 0 Å². The Morgan fingerprint density at radius 3 is 2.61 bits per heavy atom. The Labute approximate surface area is 165 Å². The first-order chi connectivity index (χ1) is 13.6. The summed E-state index contributed by atoms with van der Waals surface area (Å²) in [5.74, 6) is 0. The largest absolute Gasteiger partial charge is 0.365 e. The van der Waals surface area contributed by atoms with Gasteiger partial charge in [0.1, 0.15) is 25.7 Å². The molecule has 0 spiro atoms. The molecule has 5 rings (SSSR count). The molecule has 6 heteroatoms. The summed E-state index contributed by atoms with van der Waals surface area (Å²) in [4.78, 5) is 1.83. The maximum Gasteiger partial charge on any atom is 0.265 e. The van der Waals surface area contributed by atoms with Gasteiger partial charge in [-0.1, -0.05) is 54.6 Å². The van der Waals surface area contributed by atoms with Crippen molar-refractivity contribution in [3.63, 3.8) is 0 Å². The Morgan fingerprint density at radius 2 is 1.79 bits per heavy atom. The summed E-state index contributed by atoms with van der Waals surface area (Å²) in [6, 6.07) is 21.7. The lowest BCUT2D eigenvalue weighted by Gasteiger charge is -2.32. The van der Waals surface area contributed by atoms with Crippen LogP contribution in [0.2, 0.25) is 0 Å². The van der Waals surface area contributed by atoms with Crippen LogP contribution in [-0.2, 0) is 21.3 Å². The standard InChI is InChI=1S/C22H22N2O3S/c25-28(26)21-11-5-9-18-8-4-10-20(22(18)21)24(28)16-19-15-23(12-13-27-19)14-17-6-2-1-3-7-17/h1-11,19H,12-16H2/p+1/t19-/m1/s1. The van der Waals surface area contributed by atoms with Crippen LogP contribution >= 0.6 is 0 Å². The molecular formula is C22H23N2O3S+. The highest BCUT2D eigenvalue weighted by molar-refractivity contribution is 7.93. The zero-order valence-corrected chi connectivity index (χ0v) is 16.4. The lowest BCUT2D eigenvalue weighted by atomic mass is 10.1. The van der Waals surface area contributed by atoms with Gasteiger partial charge in [0.05, 0.1) is 23.7 Å². The van der Waals surface area contributed by atoms with Crippen LogP contribution in [0.5, 0.6) is 0 Å². The highest BCUT2D eigenvalue weighted by atomic mass is 32.2. The van der Waals surface area contributed by atoms with Crippen LogP contribution in [0.15, 0.2) is 71.6 Å². The number of benzene rings is 3. The molecule has 2 aliphatic heterocycles. The molecule has 1 N–H and O–H groups in total. The SMILES string of the molecule is O=S1(=O)c2cccc3cccc(c23)N1C[C@H]1C[NH+](Cc2ccccc2)CCO1. The number of nitrogens with zero attached hydrogens (tertiary/aromatic N) is 1. The lowest BCUT2D eigenvalue weighted by molar-refractivity contribution is -0.924. The number of quaternary nitrogens is 1.